The van der Waals surface area contributed by atoms with Crippen LogP contribution in [0, 0.1) is 0 Å². The molecule has 0 fully saturated rings. The molecule has 1 heterocycles. The Morgan fingerprint density at radius 1 is 1.28 bits per heavy atom. The third kappa shape index (κ3) is 4.65. The summed E-state index contributed by atoms with van der Waals surface area (Å²) in [6, 6.07) is 4.48. The van der Waals surface area contributed by atoms with Crippen molar-refractivity contribution in [2.75, 3.05) is 14.1 Å². The number of halogens is 3. The van der Waals surface area contributed by atoms with Crippen LogP contribution in [0.3, 0.4) is 0 Å². The highest BCUT2D eigenvalue weighted by atomic mass is 32.2. The van der Waals surface area contributed by atoms with Gasteiger partial charge < -0.3 is 9.64 Å². The van der Waals surface area contributed by atoms with Gasteiger partial charge in [-0.2, -0.15) is 13.2 Å². The minimum Gasteiger partial charge on any atom is -0.374 e. The molecule has 0 radical (unpaired) electrons. The van der Waals surface area contributed by atoms with Crippen molar-refractivity contribution in [3.8, 4) is 11.7 Å². The molecule has 10 heteroatoms. The summed E-state index contributed by atoms with van der Waals surface area (Å²) < 4.78 is 45.4. The number of rotatable bonds is 4. The maximum atomic E-state index is 13.0. The van der Waals surface area contributed by atoms with Gasteiger partial charge in [0.1, 0.15) is 0 Å². The largest absolute Gasteiger partial charge is 0.417 e. The van der Waals surface area contributed by atoms with E-state index in [1.54, 1.807) is 0 Å². The van der Waals surface area contributed by atoms with Gasteiger partial charge in [0.25, 0.3) is 0 Å². The lowest BCUT2D eigenvalue weighted by molar-refractivity contribution is -0.137. The van der Waals surface area contributed by atoms with Crippen LogP contribution < -0.4 is 4.74 Å². The number of hydrogen-bond donors (Lipinski definition) is 0. The van der Waals surface area contributed by atoms with Gasteiger partial charge in [-0.05, 0) is 18.2 Å². The van der Waals surface area contributed by atoms with Crippen LogP contribution in [0.5, 0.6) is 6.01 Å². The molecule has 2 rings (SSSR count). The van der Waals surface area contributed by atoms with Crippen LogP contribution in [-0.2, 0) is 6.18 Å². The summed E-state index contributed by atoms with van der Waals surface area (Å²) >= 11 is 1.29. The highest BCUT2D eigenvalue weighted by Gasteiger charge is 2.31. The minimum absolute atomic E-state index is 0.103. The topological polar surface area (TPSA) is 60.3 Å². The quantitative estimate of drug-likeness (QED) is 0.761. The van der Waals surface area contributed by atoms with Crippen LogP contribution in [0.1, 0.15) is 19.4 Å². The first-order chi connectivity index (χ1) is 11.6. The van der Waals surface area contributed by atoms with Crippen LogP contribution in [0.2, 0.25) is 0 Å². The molecule has 0 aliphatic rings. The average Bonchev–Trinajstić information content (AvgIpc) is 2.88. The van der Waals surface area contributed by atoms with E-state index in [-0.39, 0.29) is 16.9 Å². The zero-order valence-corrected chi connectivity index (χ0v) is 14.9. The summed E-state index contributed by atoms with van der Waals surface area (Å²) in [5.74, 6) is 0. The summed E-state index contributed by atoms with van der Waals surface area (Å²) in [6.07, 6.45) is -5.20. The minimum atomic E-state index is -4.49. The molecule has 0 aliphatic heterocycles. The number of benzene rings is 1. The highest BCUT2D eigenvalue weighted by Crippen LogP contribution is 2.33. The first-order valence-corrected chi connectivity index (χ1v) is 8.16. The fourth-order valence-corrected chi connectivity index (χ4v) is 2.62. The molecule has 6 nitrogen and oxygen atoms in total. The number of amides is 1. The number of nitrogens with zero attached hydrogens (tertiary/aromatic N) is 4. The third-order valence-electron chi connectivity index (χ3n) is 2.92. The number of thioether (sulfide) groups is 1. The maximum Gasteiger partial charge on any atom is 0.417 e. The average molecular weight is 374 g/mol. The molecule has 0 unspecified atom stereocenters. The van der Waals surface area contributed by atoms with Gasteiger partial charge in [-0.1, -0.05) is 36.8 Å². The van der Waals surface area contributed by atoms with E-state index >= 15 is 0 Å². The molecule has 0 atom stereocenters. The molecule has 0 bridgehead atoms. The van der Waals surface area contributed by atoms with Gasteiger partial charge in [-0.25, -0.2) is 9.36 Å². The van der Waals surface area contributed by atoms with Crippen molar-refractivity contribution in [2.45, 2.75) is 30.4 Å². The maximum absolute atomic E-state index is 13.0. The van der Waals surface area contributed by atoms with Gasteiger partial charge in [0, 0.05) is 19.3 Å². The van der Waals surface area contributed by atoms with Gasteiger partial charge in [0.2, 0.25) is 0 Å². The van der Waals surface area contributed by atoms with Gasteiger partial charge >= 0.3 is 18.3 Å². The summed E-state index contributed by atoms with van der Waals surface area (Å²) in [4.78, 5) is 13.0. The number of ether oxygens (including phenoxy) is 1. The predicted octanol–water partition coefficient (Wildman–Crippen LogP) is 3.85. The summed E-state index contributed by atoms with van der Waals surface area (Å²) in [5.41, 5.74) is -0.659. The number of aromatic nitrogens is 3. The first-order valence-electron chi connectivity index (χ1n) is 7.28. The zero-order chi connectivity index (χ0) is 18.8. The molecule has 0 saturated heterocycles. The van der Waals surface area contributed by atoms with Crippen molar-refractivity contribution in [3.05, 3.63) is 29.8 Å². The molecular formula is C15H17F3N4O2S. The summed E-state index contributed by atoms with van der Waals surface area (Å²) in [5, 5.41) is 8.17. The van der Waals surface area contributed by atoms with E-state index in [9.17, 15) is 18.0 Å². The second kappa shape index (κ2) is 7.34. The van der Waals surface area contributed by atoms with Crippen molar-refractivity contribution in [1.29, 1.82) is 0 Å². The lowest BCUT2D eigenvalue weighted by Gasteiger charge is -2.14. The Labute approximate surface area is 147 Å². The predicted molar refractivity (Wildman–Crippen MR) is 87.1 cm³/mol. The molecular weight excluding hydrogens is 357 g/mol. The SMILES string of the molecule is CC(C)Sc1nnc(OC(=O)N(C)C)n1-c1cccc(C(F)(F)F)c1. The number of carbonyl (C=O) groups excluding carboxylic acids is 1. The molecule has 0 spiro atoms. The molecule has 1 aromatic heterocycles. The summed E-state index contributed by atoms with van der Waals surface area (Å²) in [6.45, 7) is 3.81. The molecule has 0 saturated carbocycles. The Bertz CT molecular complexity index is 759. The van der Waals surface area contributed by atoms with E-state index in [4.69, 9.17) is 4.74 Å². The van der Waals surface area contributed by atoms with Gasteiger partial charge in [0.05, 0.1) is 11.3 Å². The first kappa shape index (κ1) is 19.1. The summed E-state index contributed by atoms with van der Waals surface area (Å²) in [7, 11) is 2.97. The Morgan fingerprint density at radius 3 is 2.52 bits per heavy atom. The molecule has 0 N–H and O–H groups in total. The van der Waals surface area contributed by atoms with E-state index < -0.39 is 17.8 Å². The van der Waals surface area contributed by atoms with E-state index in [2.05, 4.69) is 10.2 Å². The fraction of sp³-hybridized carbons (Fsp3) is 0.400. The lowest BCUT2D eigenvalue weighted by atomic mass is 10.2. The van der Waals surface area contributed by atoms with E-state index in [0.29, 0.717) is 5.16 Å². The Balaban J connectivity index is 2.53. The van der Waals surface area contributed by atoms with Crippen LogP contribution >= 0.6 is 11.8 Å². The second-order valence-corrected chi connectivity index (χ2v) is 7.12. The van der Waals surface area contributed by atoms with E-state index in [1.807, 2.05) is 13.8 Å². The van der Waals surface area contributed by atoms with Crippen LogP contribution in [-0.4, -0.2) is 45.1 Å². The molecule has 0 aliphatic carbocycles. The fourth-order valence-electron chi connectivity index (χ4n) is 1.82. The van der Waals surface area contributed by atoms with Crippen molar-refractivity contribution in [2.24, 2.45) is 0 Å². The van der Waals surface area contributed by atoms with Crippen molar-refractivity contribution < 1.29 is 22.7 Å². The number of alkyl halides is 3. The molecule has 2 aromatic rings. The van der Waals surface area contributed by atoms with Crippen LogP contribution in [0.25, 0.3) is 5.69 Å². The number of hydrogen-bond acceptors (Lipinski definition) is 5. The van der Waals surface area contributed by atoms with Gasteiger partial charge in [0.15, 0.2) is 5.16 Å². The standard InChI is InChI=1S/C15H17F3N4O2S/c1-9(2)25-13-20-19-12(24-14(23)21(3)4)22(13)11-7-5-6-10(8-11)15(16,17)18/h5-9H,1-4H3. The van der Waals surface area contributed by atoms with Crippen molar-refractivity contribution >= 4 is 17.9 Å². The van der Waals surface area contributed by atoms with Crippen molar-refractivity contribution in [1.82, 2.24) is 19.7 Å². The monoisotopic (exact) mass is 374 g/mol. The second-order valence-electron chi connectivity index (χ2n) is 5.58. The Morgan fingerprint density at radius 2 is 1.96 bits per heavy atom. The lowest BCUT2D eigenvalue weighted by Crippen LogP contribution is -2.26. The van der Waals surface area contributed by atoms with Gasteiger partial charge in [-0.15, -0.1) is 5.10 Å². The molecule has 1 aromatic carbocycles. The molecule has 136 valence electrons. The normalized spacial score (nSPS) is 11.7. The van der Waals surface area contributed by atoms with E-state index in [0.717, 1.165) is 12.1 Å². The Kier molecular flexibility index (Phi) is 5.61. The molecule has 25 heavy (non-hydrogen) atoms. The Hall–Kier alpha value is -2.23. The smallest absolute Gasteiger partial charge is 0.374 e. The van der Waals surface area contributed by atoms with Crippen molar-refractivity contribution in [3.63, 3.8) is 0 Å². The zero-order valence-electron chi connectivity index (χ0n) is 14.0. The highest BCUT2D eigenvalue weighted by molar-refractivity contribution is 7.99. The molecule has 1 amide bonds. The van der Waals surface area contributed by atoms with Gasteiger partial charge in [-0.3, -0.25) is 0 Å². The third-order valence-corrected chi connectivity index (χ3v) is 3.87. The van der Waals surface area contributed by atoms with Crippen LogP contribution in [0.4, 0.5) is 18.0 Å². The number of carbonyl (C=O) groups is 1. The van der Waals surface area contributed by atoms with E-state index in [1.165, 1.54) is 47.5 Å². The van der Waals surface area contributed by atoms with Crippen LogP contribution in [0.15, 0.2) is 29.4 Å².